The topological polar surface area (TPSA) is 80.1 Å². The largest absolute Gasteiger partial charge is 0.355 e. The van der Waals surface area contributed by atoms with Gasteiger partial charge in [-0.25, -0.2) is 13.4 Å². The third kappa shape index (κ3) is 4.39. The molecular weight excluding hydrogens is 398 g/mol. The van der Waals surface area contributed by atoms with Crippen LogP contribution < -0.4 is 5.32 Å². The van der Waals surface area contributed by atoms with Crippen molar-refractivity contribution in [1.29, 1.82) is 0 Å². The fourth-order valence-corrected chi connectivity index (χ4v) is 5.33. The summed E-state index contributed by atoms with van der Waals surface area (Å²) < 4.78 is 29.2. The molecule has 0 bridgehead atoms. The third-order valence-electron chi connectivity index (χ3n) is 5.40. The predicted octanol–water partition coefficient (Wildman–Crippen LogP) is 3.74. The molecule has 1 unspecified atom stereocenters. The Bertz CT molecular complexity index is 1140. The Morgan fingerprint density at radius 1 is 1.10 bits per heavy atom. The zero-order valence-electron chi connectivity index (χ0n) is 17.5. The van der Waals surface area contributed by atoms with Gasteiger partial charge >= 0.3 is 0 Å². The van der Waals surface area contributed by atoms with Gasteiger partial charge in [0.2, 0.25) is 0 Å². The van der Waals surface area contributed by atoms with Gasteiger partial charge in [-0.1, -0.05) is 17.7 Å². The maximum atomic E-state index is 13.0. The minimum absolute atomic E-state index is 0.0516. The van der Waals surface area contributed by atoms with Crippen molar-refractivity contribution in [3.63, 3.8) is 0 Å². The van der Waals surface area contributed by atoms with E-state index in [1.54, 1.807) is 22.1 Å². The number of imidazole rings is 1. The van der Waals surface area contributed by atoms with E-state index in [1.807, 2.05) is 31.2 Å². The summed E-state index contributed by atoms with van der Waals surface area (Å²) in [5.41, 5.74) is 5.02. The molecule has 7 nitrogen and oxygen atoms in total. The van der Waals surface area contributed by atoms with Crippen molar-refractivity contribution >= 4 is 21.4 Å². The molecule has 0 amide bonds. The molecule has 1 atom stereocenters. The summed E-state index contributed by atoms with van der Waals surface area (Å²) in [6.07, 6.45) is 4.77. The summed E-state index contributed by atoms with van der Waals surface area (Å²) in [6, 6.07) is 12.3. The summed E-state index contributed by atoms with van der Waals surface area (Å²) in [5.74, 6) is 0.0516. The average Bonchev–Trinajstić information content (AvgIpc) is 3.17. The van der Waals surface area contributed by atoms with Crippen molar-refractivity contribution in [1.82, 2.24) is 18.8 Å². The Kier molecular flexibility index (Phi) is 5.62. The molecule has 8 heteroatoms. The smallest absolute Gasteiger partial charge is 0.262 e. The van der Waals surface area contributed by atoms with Crippen LogP contribution in [0, 0.1) is 13.8 Å². The molecule has 1 N–H and O–H groups in total. The number of nitrogens with one attached hydrogen (secondary N) is 1. The normalized spacial score (nSPS) is 17.8. The highest BCUT2D eigenvalue weighted by atomic mass is 32.2. The first-order valence-corrected chi connectivity index (χ1v) is 11.6. The van der Waals surface area contributed by atoms with Crippen molar-refractivity contribution < 1.29 is 8.42 Å². The van der Waals surface area contributed by atoms with Crippen LogP contribution >= 0.6 is 0 Å². The molecule has 1 fully saturated rings. The van der Waals surface area contributed by atoms with Gasteiger partial charge in [0.05, 0.1) is 6.33 Å². The molecule has 3 heterocycles. The van der Waals surface area contributed by atoms with E-state index in [2.05, 4.69) is 29.4 Å². The standard InChI is InChI=1S/C22H27N5O2S/c1-16-6-8-19(9-7-16)25-20-11-17(2)24-21(12-20)18-5-4-10-27(13-18)30(28,29)22-14-26(3)15-23-22/h6-9,11-12,14-15,18H,4-5,10,13H2,1-3H3,(H,24,25). The fourth-order valence-electron chi connectivity index (χ4n) is 3.84. The van der Waals surface area contributed by atoms with Gasteiger partial charge in [-0.15, -0.1) is 0 Å². The van der Waals surface area contributed by atoms with Crippen molar-refractivity contribution in [2.24, 2.45) is 7.05 Å². The van der Waals surface area contributed by atoms with Crippen LogP contribution in [0.25, 0.3) is 0 Å². The van der Waals surface area contributed by atoms with Gasteiger partial charge in [-0.3, -0.25) is 4.98 Å². The number of nitrogens with zero attached hydrogens (tertiary/aromatic N) is 4. The van der Waals surface area contributed by atoms with Crippen molar-refractivity contribution in [3.8, 4) is 0 Å². The van der Waals surface area contributed by atoms with Gasteiger partial charge in [-0.2, -0.15) is 4.31 Å². The lowest BCUT2D eigenvalue weighted by Crippen LogP contribution is -2.39. The minimum Gasteiger partial charge on any atom is -0.355 e. The zero-order valence-corrected chi connectivity index (χ0v) is 18.4. The van der Waals surface area contributed by atoms with Crippen molar-refractivity contribution in [3.05, 3.63) is 65.9 Å². The zero-order chi connectivity index (χ0) is 21.3. The van der Waals surface area contributed by atoms with Crippen LogP contribution in [0.15, 0.2) is 53.9 Å². The van der Waals surface area contributed by atoms with Crippen LogP contribution in [0.3, 0.4) is 0 Å². The lowest BCUT2D eigenvalue weighted by Gasteiger charge is -2.31. The highest BCUT2D eigenvalue weighted by Crippen LogP contribution is 2.31. The number of hydrogen-bond acceptors (Lipinski definition) is 5. The molecule has 4 rings (SSSR count). The fraction of sp³-hybridized carbons (Fsp3) is 0.364. The Morgan fingerprint density at radius 3 is 2.57 bits per heavy atom. The number of aryl methyl sites for hydroxylation is 3. The second-order valence-electron chi connectivity index (χ2n) is 7.99. The number of sulfonamides is 1. The molecule has 1 saturated heterocycles. The highest BCUT2D eigenvalue weighted by Gasteiger charge is 2.33. The van der Waals surface area contributed by atoms with Crippen molar-refractivity contribution in [2.45, 2.75) is 37.6 Å². The van der Waals surface area contributed by atoms with E-state index < -0.39 is 10.0 Å². The molecule has 1 aliphatic rings. The number of rotatable bonds is 5. The molecule has 0 saturated carbocycles. The molecule has 3 aromatic rings. The SMILES string of the molecule is Cc1ccc(Nc2cc(C)nc(C3CCCN(S(=O)(=O)c4cn(C)cn4)C3)c2)cc1. The van der Waals surface area contributed by atoms with E-state index in [4.69, 9.17) is 4.98 Å². The lowest BCUT2D eigenvalue weighted by molar-refractivity contribution is 0.312. The Balaban J connectivity index is 1.56. The molecule has 1 aromatic carbocycles. The Hall–Kier alpha value is -2.71. The summed E-state index contributed by atoms with van der Waals surface area (Å²) in [6.45, 7) is 4.95. The molecule has 2 aromatic heterocycles. The van der Waals surface area contributed by atoms with Crippen LogP contribution in [0.2, 0.25) is 0 Å². The quantitative estimate of drug-likeness (QED) is 0.674. The number of hydrogen-bond donors (Lipinski definition) is 1. The van der Waals surface area contributed by atoms with Crippen LogP contribution in [-0.4, -0.2) is 40.3 Å². The van der Waals surface area contributed by atoms with Gasteiger partial charge < -0.3 is 9.88 Å². The summed E-state index contributed by atoms with van der Waals surface area (Å²) in [7, 11) is -1.83. The molecule has 30 heavy (non-hydrogen) atoms. The van der Waals surface area contributed by atoms with E-state index >= 15 is 0 Å². The summed E-state index contributed by atoms with van der Waals surface area (Å²) >= 11 is 0. The van der Waals surface area contributed by atoms with E-state index in [0.29, 0.717) is 13.1 Å². The van der Waals surface area contributed by atoms with E-state index in [1.165, 1.54) is 11.9 Å². The monoisotopic (exact) mass is 425 g/mol. The molecular formula is C22H27N5O2S. The molecule has 158 valence electrons. The number of aromatic nitrogens is 3. The van der Waals surface area contributed by atoms with E-state index in [-0.39, 0.29) is 10.9 Å². The predicted molar refractivity (Wildman–Crippen MR) is 117 cm³/mol. The number of benzene rings is 1. The van der Waals surface area contributed by atoms with E-state index in [0.717, 1.165) is 35.6 Å². The Morgan fingerprint density at radius 2 is 1.87 bits per heavy atom. The molecule has 0 aliphatic carbocycles. The van der Waals surface area contributed by atoms with Crippen LogP contribution in [0.4, 0.5) is 11.4 Å². The van der Waals surface area contributed by atoms with Crippen molar-refractivity contribution in [2.75, 3.05) is 18.4 Å². The van der Waals surface area contributed by atoms with Gasteiger partial charge in [0.15, 0.2) is 5.03 Å². The number of pyridine rings is 1. The van der Waals surface area contributed by atoms with Gasteiger partial charge in [0.1, 0.15) is 0 Å². The first-order valence-electron chi connectivity index (χ1n) is 10.1. The second-order valence-corrected chi connectivity index (χ2v) is 9.88. The van der Waals surface area contributed by atoms with Gasteiger partial charge in [-0.05, 0) is 51.0 Å². The Labute approximate surface area is 177 Å². The van der Waals surface area contributed by atoms with Gasteiger partial charge in [0.25, 0.3) is 10.0 Å². The third-order valence-corrected chi connectivity index (χ3v) is 7.15. The lowest BCUT2D eigenvalue weighted by atomic mass is 9.95. The second kappa shape index (κ2) is 8.20. The van der Waals surface area contributed by atoms with E-state index in [9.17, 15) is 8.42 Å². The maximum absolute atomic E-state index is 13.0. The van der Waals surface area contributed by atoms with Crippen LogP contribution in [0.5, 0.6) is 0 Å². The first kappa shape index (κ1) is 20.6. The number of anilines is 2. The molecule has 1 aliphatic heterocycles. The minimum atomic E-state index is -3.60. The maximum Gasteiger partial charge on any atom is 0.262 e. The van der Waals surface area contributed by atoms with Crippen LogP contribution in [-0.2, 0) is 17.1 Å². The van der Waals surface area contributed by atoms with Crippen LogP contribution in [0.1, 0.15) is 35.7 Å². The first-order chi connectivity index (χ1) is 14.3. The number of piperidine rings is 1. The van der Waals surface area contributed by atoms with Gasteiger partial charge in [0, 0.05) is 55.0 Å². The molecule has 0 radical (unpaired) electrons. The molecule has 0 spiro atoms. The average molecular weight is 426 g/mol. The summed E-state index contributed by atoms with van der Waals surface area (Å²) in [5, 5.41) is 3.54. The summed E-state index contributed by atoms with van der Waals surface area (Å²) in [4.78, 5) is 8.77. The highest BCUT2D eigenvalue weighted by molar-refractivity contribution is 7.89.